The van der Waals surface area contributed by atoms with Gasteiger partial charge >= 0.3 is 5.97 Å². The van der Waals surface area contributed by atoms with Crippen LogP contribution in [0.5, 0.6) is 0 Å². The molecule has 1 aromatic carbocycles. The molecule has 1 atom stereocenters. The van der Waals surface area contributed by atoms with Crippen molar-refractivity contribution in [2.45, 2.75) is 17.0 Å². The minimum atomic E-state index is -2.42. The number of carboxylic acids is 1. The molecule has 1 amide bonds. The van der Waals surface area contributed by atoms with Crippen LogP contribution in [-0.2, 0) is 9.59 Å². The van der Waals surface area contributed by atoms with E-state index in [9.17, 15) is 24.1 Å². The topological polar surface area (TPSA) is 101 Å². The van der Waals surface area contributed by atoms with E-state index >= 15 is 0 Å². The van der Waals surface area contributed by atoms with Crippen LogP contribution in [0, 0.1) is 10.1 Å². The first kappa shape index (κ1) is 17.5. The van der Waals surface area contributed by atoms with Crippen LogP contribution in [0.1, 0.15) is 6.42 Å². The number of likely N-dealkylation sites (tertiary alicyclic amines) is 1. The third kappa shape index (κ3) is 3.91. The highest BCUT2D eigenvalue weighted by molar-refractivity contribution is 8.00. The fourth-order valence-corrected chi connectivity index (χ4v) is 3.22. The van der Waals surface area contributed by atoms with Crippen LogP contribution in [0.25, 0.3) is 0 Å². The summed E-state index contributed by atoms with van der Waals surface area (Å²) in [7, 11) is 0. The number of rotatable bonds is 5. The number of carboxylic acid groups (broad SMARTS) is 1. The van der Waals surface area contributed by atoms with E-state index < -0.39 is 29.0 Å². The average molecular weight is 363 g/mol. The Hall–Kier alpha value is -1.87. The van der Waals surface area contributed by atoms with Gasteiger partial charge in [-0.2, -0.15) is 0 Å². The van der Waals surface area contributed by atoms with Gasteiger partial charge in [-0.25, -0.2) is 9.18 Å². The number of nitrogens with zero attached hydrogens (tertiary/aromatic N) is 2. The van der Waals surface area contributed by atoms with Crippen LogP contribution < -0.4 is 0 Å². The van der Waals surface area contributed by atoms with Crippen molar-refractivity contribution < 1.29 is 24.0 Å². The van der Waals surface area contributed by atoms with Gasteiger partial charge in [-0.05, 0) is 12.1 Å². The highest BCUT2D eigenvalue weighted by atomic mass is 35.5. The quantitative estimate of drug-likeness (QED) is 0.490. The summed E-state index contributed by atoms with van der Waals surface area (Å²) in [5.74, 6) is -2.22. The van der Waals surface area contributed by atoms with E-state index in [0.29, 0.717) is 0 Å². The van der Waals surface area contributed by atoms with Crippen molar-refractivity contribution in [3.05, 3.63) is 33.3 Å². The SMILES string of the molecule is O=C(CSc1ccc(Cl)cc1[N+](=O)[O-])N1CCC(F)(C(=O)O)C1. The predicted molar refractivity (Wildman–Crippen MR) is 81.5 cm³/mol. The molecule has 1 fully saturated rings. The molecule has 0 spiro atoms. The van der Waals surface area contributed by atoms with Gasteiger partial charge in [-0.3, -0.25) is 14.9 Å². The van der Waals surface area contributed by atoms with E-state index in [0.717, 1.165) is 16.7 Å². The third-order valence-corrected chi connectivity index (χ3v) is 4.71. The number of hydrogen-bond acceptors (Lipinski definition) is 5. The van der Waals surface area contributed by atoms with Gasteiger partial charge in [0.15, 0.2) is 0 Å². The number of halogens is 2. The molecule has 1 saturated heterocycles. The van der Waals surface area contributed by atoms with E-state index in [2.05, 4.69) is 0 Å². The van der Waals surface area contributed by atoms with Crippen molar-refractivity contribution in [1.29, 1.82) is 0 Å². The Balaban J connectivity index is 2.01. The Kier molecular flexibility index (Phi) is 5.10. The normalized spacial score (nSPS) is 20.5. The Morgan fingerprint density at radius 2 is 2.22 bits per heavy atom. The molecular weight excluding hydrogens is 351 g/mol. The summed E-state index contributed by atoms with van der Waals surface area (Å²) >= 11 is 6.63. The average Bonchev–Trinajstić information content (AvgIpc) is 2.89. The number of thioether (sulfide) groups is 1. The summed E-state index contributed by atoms with van der Waals surface area (Å²) in [5, 5.41) is 20.0. The number of alkyl halides is 1. The molecule has 2 rings (SSSR count). The largest absolute Gasteiger partial charge is 0.479 e. The van der Waals surface area contributed by atoms with Gasteiger partial charge in [-0.1, -0.05) is 11.6 Å². The number of amides is 1. The van der Waals surface area contributed by atoms with Gasteiger partial charge in [0.25, 0.3) is 5.69 Å². The Bertz CT molecular complexity index is 674. The Morgan fingerprint density at radius 1 is 1.52 bits per heavy atom. The first-order valence-corrected chi connectivity index (χ1v) is 7.86. The monoisotopic (exact) mass is 362 g/mol. The van der Waals surface area contributed by atoms with Crippen LogP contribution in [0.3, 0.4) is 0 Å². The minimum absolute atomic E-state index is 0.00487. The number of nitro benzene ring substituents is 1. The van der Waals surface area contributed by atoms with E-state index in [1.54, 1.807) is 0 Å². The van der Waals surface area contributed by atoms with Gasteiger partial charge in [0.2, 0.25) is 11.6 Å². The summed E-state index contributed by atoms with van der Waals surface area (Å²) in [6.07, 6.45) is -0.264. The molecule has 0 bridgehead atoms. The third-order valence-electron chi connectivity index (χ3n) is 3.42. The molecule has 1 aliphatic heterocycles. The second-order valence-electron chi connectivity index (χ2n) is 4.99. The Labute approximate surface area is 139 Å². The fourth-order valence-electron chi connectivity index (χ4n) is 2.15. The lowest BCUT2D eigenvalue weighted by molar-refractivity contribution is -0.387. The zero-order valence-corrected chi connectivity index (χ0v) is 13.3. The molecule has 1 unspecified atom stereocenters. The number of aliphatic carboxylic acids is 1. The molecule has 1 aromatic rings. The summed E-state index contributed by atoms with van der Waals surface area (Å²) in [6, 6.07) is 4.08. The van der Waals surface area contributed by atoms with E-state index in [1.807, 2.05) is 0 Å². The number of hydrogen-bond donors (Lipinski definition) is 1. The zero-order valence-electron chi connectivity index (χ0n) is 11.7. The van der Waals surface area contributed by atoms with Crippen molar-refractivity contribution in [2.75, 3.05) is 18.8 Å². The predicted octanol–water partition coefficient (Wildman–Crippen LogP) is 2.37. The number of carbonyl (C=O) groups excluding carboxylic acids is 1. The zero-order chi connectivity index (χ0) is 17.2. The van der Waals surface area contributed by atoms with Gasteiger partial charge in [0.05, 0.1) is 22.1 Å². The molecule has 0 saturated carbocycles. The van der Waals surface area contributed by atoms with Gasteiger partial charge in [0.1, 0.15) is 0 Å². The molecule has 23 heavy (non-hydrogen) atoms. The second kappa shape index (κ2) is 6.71. The lowest BCUT2D eigenvalue weighted by Gasteiger charge is -2.17. The summed E-state index contributed by atoms with van der Waals surface area (Å²) in [6.45, 7) is -0.505. The smallest absolute Gasteiger partial charge is 0.343 e. The molecule has 10 heteroatoms. The van der Waals surface area contributed by atoms with Gasteiger partial charge in [0, 0.05) is 24.1 Å². The standard InChI is InChI=1S/C13H12ClFN2O5S/c14-8-1-2-10(9(5-8)17(21)22)23-6-11(18)16-4-3-13(15,7-16)12(19)20/h1-2,5H,3-4,6-7H2,(H,19,20). The van der Waals surface area contributed by atoms with Crippen molar-refractivity contribution in [3.8, 4) is 0 Å². The lowest BCUT2D eigenvalue weighted by atomic mass is 10.1. The fraction of sp³-hybridized carbons (Fsp3) is 0.385. The molecule has 0 radical (unpaired) electrons. The highest BCUT2D eigenvalue weighted by Gasteiger charge is 2.46. The Morgan fingerprint density at radius 3 is 2.78 bits per heavy atom. The van der Waals surface area contributed by atoms with Crippen molar-refractivity contribution in [3.63, 3.8) is 0 Å². The molecule has 124 valence electrons. The first-order chi connectivity index (χ1) is 10.7. The minimum Gasteiger partial charge on any atom is -0.479 e. The summed E-state index contributed by atoms with van der Waals surface area (Å²) < 4.78 is 13.9. The lowest BCUT2D eigenvalue weighted by Crippen LogP contribution is -2.39. The van der Waals surface area contributed by atoms with Crippen LogP contribution in [0.4, 0.5) is 10.1 Å². The van der Waals surface area contributed by atoms with Gasteiger partial charge < -0.3 is 10.0 Å². The molecule has 1 heterocycles. The van der Waals surface area contributed by atoms with Crippen molar-refractivity contribution in [2.24, 2.45) is 0 Å². The van der Waals surface area contributed by atoms with E-state index in [-0.39, 0.29) is 34.3 Å². The van der Waals surface area contributed by atoms with E-state index in [4.69, 9.17) is 16.7 Å². The number of benzene rings is 1. The molecule has 7 nitrogen and oxygen atoms in total. The number of carbonyl (C=O) groups is 2. The maximum absolute atomic E-state index is 13.9. The molecular formula is C13H12ClFN2O5S. The van der Waals surface area contributed by atoms with Gasteiger partial charge in [-0.15, -0.1) is 11.8 Å². The first-order valence-electron chi connectivity index (χ1n) is 6.50. The maximum atomic E-state index is 13.9. The van der Waals surface area contributed by atoms with Crippen molar-refractivity contribution >= 4 is 40.9 Å². The van der Waals surface area contributed by atoms with Crippen molar-refractivity contribution in [1.82, 2.24) is 4.90 Å². The summed E-state index contributed by atoms with van der Waals surface area (Å²) in [5.41, 5.74) is -2.64. The molecule has 0 aromatic heterocycles. The van der Waals surface area contributed by atoms with E-state index in [1.165, 1.54) is 18.2 Å². The second-order valence-corrected chi connectivity index (χ2v) is 6.45. The van der Waals surface area contributed by atoms with Crippen LogP contribution in [-0.4, -0.2) is 51.3 Å². The van der Waals surface area contributed by atoms with Crippen LogP contribution in [0.2, 0.25) is 5.02 Å². The molecule has 1 aliphatic rings. The van der Waals surface area contributed by atoms with Crippen LogP contribution in [0.15, 0.2) is 23.1 Å². The number of nitro groups is 1. The summed E-state index contributed by atoms with van der Waals surface area (Å²) in [4.78, 5) is 34.6. The maximum Gasteiger partial charge on any atom is 0.343 e. The molecule has 1 N–H and O–H groups in total. The van der Waals surface area contributed by atoms with Crippen LogP contribution >= 0.6 is 23.4 Å². The highest BCUT2D eigenvalue weighted by Crippen LogP contribution is 2.32. The molecule has 0 aliphatic carbocycles.